The van der Waals surface area contributed by atoms with Crippen molar-refractivity contribution in [2.75, 3.05) is 33.8 Å². The van der Waals surface area contributed by atoms with Gasteiger partial charge in [0.25, 0.3) is 11.7 Å². The minimum absolute atomic E-state index is 0.135. The van der Waals surface area contributed by atoms with Crippen LogP contribution in [0.15, 0.2) is 41.3 Å². The van der Waals surface area contributed by atoms with Gasteiger partial charge in [0.1, 0.15) is 11.5 Å². The highest BCUT2D eigenvalue weighted by Gasteiger charge is 2.46. The second-order valence-corrected chi connectivity index (χ2v) is 9.44. The molecule has 1 aromatic carbocycles. The molecule has 1 unspecified atom stereocenters. The topological polar surface area (TPSA) is 70.1 Å². The molecule has 1 atom stereocenters. The summed E-state index contributed by atoms with van der Waals surface area (Å²) in [5.74, 6) is -0.418. The Balaban J connectivity index is 2.06. The van der Waals surface area contributed by atoms with E-state index >= 15 is 0 Å². The first-order valence-corrected chi connectivity index (χ1v) is 11.3. The summed E-state index contributed by atoms with van der Waals surface area (Å²) in [6, 6.07) is 8.40. The molecule has 6 nitrogen and oxygen atoms in total. The van der Waals surface area contributed by atoms with Gasteiger partial charge in [-0.05, 0) is 56.1 Å². The first kappa shape index (κ1) is 23.0. The van der Waals surface area contributed by atoms with Crippen molar-refractivity contribution >= 4 is 28.8 Å². The number of amides is 1. The van der Waals surface area contributed by atoms with Crippen LogP contribution in [0, 0.1) is 12.8 Å². The van der Waals surface area contributed by atoms with E-state index < -0.39 is 17.7 Å². The van der Waals surface area contributed by atoms with E-state index in [0.717, 1.165) is 10.4 Å². The molecule has 1 fully saturated rings. The maximum absolute atomic E-state index is 13.0. The fourth-order valence-electron chi connectivity index (χ4n) is 3.51. The van der Waals surface area contributed by atoms with Crippen molar-refractivity contribution in [2.24, 2.45) is 5.92 Å². The number of likely N-dealkylation sites (N-methyl/N-ethyl adjacent to an activating group) is 1. The van der Waals surface area contributed by atoms with Crippen LogP contribution in [0.4, 0.5) is 0 Å². The van der Waals surface area contributed by atoms with Gasteiger partial charge in [-0.25, -0.2) is 0 Å². The summed E-state index contributed by atoms with van der Waals surface area (Å²) in [7, 11) is 3.84. The lowest BCUT2D eigenvalue weighted by Crippen LogP contribution is -2.35. The largest absolute Gasteiger partial charge is 0.507 e. The first-order chi connectivity index (χ1) is 14.7. The van der Waals surface area contributed by atoms with Gasteiger partial charge in [-0.2, -0.15) is 0 Å². The van der Waals surface area contributed by atoms with Crippen molar-refractivity contribution in [1.29, 1.82) is 0 Å². The molecule has 1 saturated heterocycles. The minimum atomic E-state index is -0.650. The standard InChI is InChI=1S/C24H30N2O4S/c1-15(2)14-30-18-8-6-7-17(13-18)21(27)19-20(23-16(3)9-12-31-23)26(11-10-25(4)5)24(29)22(19)28/h6-9,12-13,15,20,27H,10-11,14H2,1-5H3/b21-19-. The third-order valence-corrected chi connectivity index (χ3v) is 6.24. The van der Waals surface area contributed by atoms with E-state index in [2.05, 4.69) is 13.8 Å². The molecule has 166 valence electrons. The second kappa shape index (κ2) is 9.66. The monoisotopic (exact) mass is 442 g/mol. The van der Waals surface area contributed by atoms with Gasteiger partial charge < -0.3 is 19.6 Å². The average Bonchev–Trinajstić information content (AvgIpc) is 3.25. The van der Waals surface area contributed by atoms with Gasteiger partial charge in [-0.15, -0.1) is 11.3 Å². The Morgan fingerprint density at radius 3 is 2.61 bits per heavy atom. The Bertz CT molecular complexity index is 993. The quantitative estimate of drug-likeness (QED) is 0.379. The van der Waals surface area contributed by atoms with Crippen LogP contribution >= 0.6 is 11.3 Å². The number of benzene rings is 1. The molecule has 2 heterocycles. The molecule has 0 aliphatic carbocycles. The minimum Gasteiger partial charge on any atom is -0.507 e. The van der Waals surface area contributed by atoms with Crippen LogP contribution in [0.5, 0.6) is 5.75 Å². The Hall–Kier alpha value is -2.64. The fourth-order valence-corrected chi connectivity index (χ4v) is 4.55. The lowest BCUT2D eigenvalue weighted by Gasteiger charge is -2.26. The number of ketones is 1. The summed E-state index contributed by atoms with van der Waals surface area (Å²) in [6.45, 7) is 7.64. The number of aliphatic hydroxyl groups excluding tert-OH is 1. The highest BCUT2D eigenvalue weighted by molar-refractivity contribution is 7.10. The van der Waals surface area contributed by atoms with Crippen LogP contribution in [-0.4, -0.2) is 60.4 Å². The Morgan fingerprint density at radius 2 is 2.00 bits per heavy atom. The molecule has 0 radical (unpaired) electrons. The maximum atomic E-state index is 13.0. The highest BCUT2D eigenvalue weighted by Crippen LogP contribution is 2.42. The predicted molar refractivity (Wildman–Crippen MR) is 123 cm³/mol. The lowest BCUT2D eigenvalue weighted by molar-refractivity contribution is -0.140. The van der Waals surface area contributed by atoms with E-state index in [1.54, 1.807) is 23.1 Å². The zero-order valence-electron chi connectivity index (χ0n) is 18.7. The summed E-state index contributed by atoms with van der Waals surface area (Å²) in [5, 5.41) is 13.1. The van der Waals surface area contributed by atoms with E-state index in [0.29, 0.717) is 36.9 Å². The van der Waals surface area contributed by atoms with Gasteiger partial charge >= 0.3 is 0 Å². The van der Waals surface area contributed by atoms with Crippen LogP contribution < -0.4 is 4.74 Å². The number of aryl methyl sites for hydroxylation is 1. The van der Waals surface area contributed by atoms with Crippen LogP contribution in [0.25, 0.3) is 5.76 Å². The predicted octanol–water partition coefficient (Wildman–Crippen LogP) is 4.07. The van der Waals surface area contributed by atoms with Gasteiger partial charge in [0.15, 0.2) is 0 Å². The van der Waals surface area contributed by atoms with Crippen LogP contribution in [0.3, 0.4) is 0 Å². The van der Waals surface area contributed by atoms with E-state index in [1.807, 2.05) is 43.4 Å². The number of aliphatic hydroxyl groups is 1. The molecule has 7 heteroatoms. The van der Waals surface area contributed by atoms with Crippen molar-refractivity contribution in [2.45, 2.75) is 26.8 Å². The summed E-state index contributed by atoms with van der Waals surface area (Å²) in [4.78, 5) is 30.4. The highest BCUT2D eigenvalue weighted by atomic mass is 32.1. The molecular formula is C24H30N2O4S. The molecule has 1 aliphatic heterocycles. The third kappa shape index (κ3) is 4.99. The maximum Gasteiger partial charge on any atom is 0.295 e. The smallest absolute Gasteiger partial charge is 0.295 e. The van der Waals surface area contributed by atoms with Crippen molar-refractivity contribution in [3.63, 3.8) is 0 Å². The van der Waals surface area contributed by atoms with Gasteiger partial charge in [-0.3, -0.25) is 9.59 Å². The number of Topliss-reactive ketones (excluding diaryl/α,β-unsaturated/α-hetero) is 1. The average molecular weight is 443 g/mol. The summed E-state index contributed by atoms with van der Waals surface area (Å²) in [6.07, 6.45) is 0. The summed E-state index contributed by atoms with van der Waals surface area (Å²) < 4.78 is 5.77. The van der Waals surface area contributed by atoms with E-state index in [1.165, 1.54) is 11.3 Å². The van der Waals surface area contributed by atoms with Crippen molar-refractivity contribution < 1.29 is 19.4 Å². The molecule has 1 N–H and O–H groups in total. The summed E-state index contributed by atoms with van der Waals surface area (Å²) in [5.41, 5.74) is 1.59. The number of thiophene rings is 1. The molecule has 0 saturated carbocycles. The van der Waals surface area contributed by atoms with Crippen LogP contribution in [-0.2, 0) is 9.59 Å². The molecule has 3 rings (SSSR count). The molecule has 1 amide bonds. The van der Waals surface area contributed by atoms with E-state index in [-0.39, 0.29) is 11.3 Å². The van der Waals surface area contributed by atoms with Gasteiger partial charge in [0, 0.05) is 23.5 Å². The molecule has 1 aliphatic rings. The lowest BCUT2D eigenvalue weighted by atomic mass is 9.98. The van der Waals surface area contributed by atoms with E-state index in [4.69, 9.17) is 4.74 Å². The molecule has 2 aromatic rings. The normalized spacial score (nSPS) is 18.4. The second-order valence-electron chi connectivity index (χ2n) is 8.50. The number of carbonyl (C=O) groups is 2. The first-order valence-electron chi connectivity index (χ1n) is 10.4. The number of ether oxygens (including phenoxy) is 1. The number of hydrogen-bond acceptors (Lipinski definition) is 6. The van der Waals surface area contributed by atoms with Gasteiger partial charge in [0.05, 0.1) is 18.2 Å². The zero-order chi connectivity index (χ0) is 22.7. The molecule has 31 heavy (non-hydrogen) atoms. The Labute approximate surface area is 187 Å². The van der Waals surface area contributed by atoms with Crippen molar-refractivity contribution in [3.8, 4) is 5.75 Å². The van der Waals surface area contributed by atoms with Crippen LogP contribution in [0.1, 0.15) is 35.9 Å². The number of likely N-dealkylation sites (tertiary alicyclic amines) is 1. The number of nitrogens with zero attached hydrogens (tertiary/aromatic N) is 2. The number of hydrogen-bond donors (Lipinski definition) is 1. The number of carbonyl (C=O) groups excluding carboxylic acids is 2. The Morgan fingerprint density at radius 1 is 1.26 bits per heavy atom. The van der Waals surface area contributed by atoms with Crippen molar-refractivity contribution in [3.05, 3.63) is 57.3 Å². The zero-order valence-corrected chi connectivity index (χ0v) is 19.5. The molecule has 0 spiro atoms. The molecule has 1 aromatic heterocycles. The molecular weight excluding hydrogens is 412 g/mol. The number of rotatable bonds is 8. The SMILES string of the molecule is Cc1ccsc1C1/C(=C(/O)c2cccc(OCC(C)C)c2)C(=O)C(=O)N1CCN(C)C. The van der Waals surface area contributed by atoms with Gasteiger partial charge in [-0.1, -0.05) is 26.0 Å². The summed E-state index contributed by atoms with van der Waals surface area (Å²) >= 11 is 1.49. The molecule has 0 bridgehead atoms. The van der Waals surface area contributed by atoms with Gasteiger partial charge in [0.2, 0.25) is 0 Å². The van der Waals surface area contributed by atoms with Crippen LogP contribution in [0.2, 0.25) is 0 Å². The third-order valence-electron chi connectivity index (χ3n) is 5.17. The Kier molecular flexibility index (Phi) is 7.18. The van der Waals surface area contributed by atoms with E-state index in [9.17, 15) is 14.7 Å². The fraction of sp³-hybridized carbons (Fsp3) is 0.417. The van der Waals surface area contributed by atoms with Crippen molar-refractivity contribution in [1.82, 2.24) is 9.80 Å².